The molecule has 0 N–H and O–H groups in total. The van der Waals surface area contributed by atoms with Gasteiger partial charge in [-0.3, -0.25) is 0 Å². The third-order valence-electron chi connectivity index (χ3n) is 14.0. The molecule has 0 aliphatic carbocycles. The van der Waals surface area contributed by atoms with E-state index in [2.05, 4.69) is 289 Å². The molecule has 70 heavy (non-hydrogen) atoms. The molecular formula is C68H46N2. The van der Waals surface area contributed by atoms with Crippen LogP contribution < -0.4 is 4.90 Å². The van der Waals surface area contributed by atoms with Gasteiger partial charge in [-0.15, -0.1) is 0 Å². The summed E-state index contributed by atoms with van der Waals surface area (Å²) in [6.45, 7) is 0. The lowest BCUT2D eigenvalue weighted by molar-refractivity contribution is 1.18. The first-order valence-electron chi connectivity index (χ1n) is 24.1. The Morgan fingerprint density at radius 3 is 1.54 bits per heavy atom. The summed E-state index contributed by atoms with van der Waals surface area (Å²) in [5, 5.41) is 7.49. The van der Waals surface area contributed by atoms with Gasteiger partial charge in [0.05, 0.1) is 16.7 Å². The van der Waals surface area contributed by atoms with Gasteiger partial charge in [0.1, 0.15) is 0 Å². The third-order valence-corrected chi connectivity index (χ3v) is 14.0. The molecule has 1 aromatic heterocycles. The SMILES string of the molecule is c1ccc(-c2ccccc2-c2ccccc2-c2ccccc2N(c2ccc(-c3cc4ccccc4c4ccccc34)cc2)c2cccc(-c3cccc4c5ccccc5n(-c5ccccc5)c34)c2)cc1. The molecule has 0 bridgehead atoms. The maximum atomic E-state index is 2.45. The summed E-state index contributed by atoms with van der Waals surface area (Å²) in [5.74, 6) is 0. The summed E-state index contributed by atoms with van der Waals surface area (Å²) in [5.41, 5.74) is 18.5. The molecule has 2 heteroatoms. The van der Waals surface area contributed by atoms with Crippen molar-refractivity contribution in [3.05, 3.63) is 279 Å². The van der Waals surface area contributed by atoms with Crippen LogP contribution in [0.4, 0.5) is 17.1 Å². The zero-order valence-corrected chi connectivity index (χ0v) is 38.5. The Labute approximate surface area is 408 Å². The van der Waals surface area contributed by atoms with Gasteiger partial charge in [0.25, 0.3) is 0 Å². The largest absolute Gasteiger partial charge is 0.310 e. The van der Waals surface area contributed by atoms with Crippen LogP contribution in [0.15, 0.2) is 279 Å². The fourth-order valence-electron chi connectivity index (χ4n) is 10.9. The topological polar surface area (TPSA) is 8.17 Å². The van der Waals surface area contributed by atoms with Gasteiger partial charge in [-0.05, 0) is 121 Å². The number of benzene rings is 12. The van der Waals surface area contributed by atoms with Crippen LogP contribution in [0.5, 0.6) is 0 Å². The standard InChI is InChI=1S/C68H46N2/c1-3-21-47(22-4-1)54-28-9-10-30-57(54)59-32-12-13-33-60(59)62-35-15-17-39-66(62)69(52-43-41-48(42-44-52)65-46-50-23-7-8-29-55(50)58-31-11-14-34-61(58)65)53-27-19-24-49(45-53)56-37-20-38-64-63-36-16-18-40-67(63)70(68(56)64)51-25-5-2-6-26-51/h1-46H. The highest BCUT2D eigenvalue weighted by molar-refractivity contribution is 6.15. The van der Waals surface area contributed by atoms with Crippen molar-refractivity contribution in [2.45, 2.75) is 0 Å². The summed E-state index contributed by atoms with van der Waals surface area (Å²) in [4.78, 5) is 2.45. The second-order valence-corrected chi connectivity index (χ2v) is 18.0. The Morgan fingerprint density at radius 1 is 0.257 bits per heavy atom. The molecule has 0 atom stereocenters. The molecule has 0 spiro atoms. The Bertz CT molecular complexity index is 4050. The fraction of sp³-hybridized carbons (Fsp3) is 0. The molecule has 0 aliphatic heterocycles. The predicted octanol–water partition coefficient (Wildman–Crippen LogP) is 18.9. The van der Waals surface area contributed by atoms with Gasteiger partial charge in [0.2, 0.25) is 0 Å². The number of hydrogen-bond donors (Lipinski definition) is 0. The number of hydrogen-bond acceptors (Lipinski definition) is 1. The maximum Gasteiger partial charge on any atom is 0.0619 e. The molecule has 0 amide bonds. The van der Waals surface area contributed by atoms with Gasteiger partial charge < -0.3 is 9.47 Å². The van der Waals surface area contributed by atoms with Gasteiger partial charge >= 0.3 is 0 Å². The van der Waals surface area contributed by atoms with Crippen LogP contribution in [-0.4, -0.2) is 4.57 Å². The van der Waals surface area contributed by atoms with E-state index in [4.69, 9.17) is 0 Å². The first-order valence-corrected chi connectivity index (χ1v) is 24.1. The van der Waals surface area contributed by atoms with Crippen LogP contribution in [0.1, 0.15) is 0 Å². The Morgan fingerprint density at radius 2 is 0.771 bits per heavy atom. The van der Waals surface area contributed by atoms with Crippen molar-refractivity contribution in [1.29, 1.82) is 0 Å². The molecule has 0 aliphatic rings. The fourth-order valence-corrected chi connectivity index (χ4v) is 10.9. The van der Waals surface area contributed by atoms with Crippen LogP contribution in [0.25, 0.3) is 105 Å². The number of fused-ring (bicyclic) bond motifs is 6. The van der Waals surface area contributed by atoms with Crippen molar-refractivity contribution in [3.63, 3.8) is 0 Å². The lowest BCUT2D eigenvalue weighted by Crippen LogP contribution is -2.11. The third kappa shape index (κ3) is 7.05. The van der Waals surface area contributed by atoms with Crippen molar-refractivity contribution in [2.24, 2.45) is 0 Å². The van der Waals surface area contributed by atoms with E-state index in [0.717, 1.165) is 33.9 Å². The van der Waals surface area contributed by atoms with E-state index < -0.39 is 0 Å². The zero-order chi connectivity index (χ0) is 46.4. The number of rotatable bonds is 9. The van der Waals surface area contributed by atoms with E-state index in [9.17, 15) is 0 Å². The van der Waals surface area contributed by atoms with Crippen molar-refractivity contribution >= 4 is 60.4 Å². The Hall–Kier alpha value is -9.24. The Balaban J connectivity index is 1.02. The minimum Gasteiger partial charge on any atom is -0.310 e. The van der Waals surface area contributed by atoms with Crippen LogP contribution in [0, 0.1) is 0 Å². The lowest BCUT2D eigenvalue weighted by Gasteiger charge is -2.29. The number of nitrogens with zero attached hydrogens (tertiary/aromatic N) is 2. The smallest absolute Gasteiger partial charge is 0.0619 e. The van der Waals surface area contributed by atoms with E-state index >= 15 is 0 Å². The summed E-state index contributed by atoms with van der Waals surface area (Å²) in [7, 11) is 0. The monoisotopic (exact) mass is 890 g/mol. The molecule has 0 fully saturated rings. The van der Waals surface area contributed by atoms with Gasteiger partial charge in [0, 0.05) is 39.0 Å². The normalized spacial score (nSPS) is 11.4. The minimum atomic E-state index is 1.07. The number of para-hydroxylation sites is 4. The van der Waals surface area contributed by atoms with Gasteiger partial charge in [-0.1, -0.05) is 224 Å². The highest BCUT2D eigenvalue weighted by Gasteiger charge is 2.22. The van der Waals surface area contributed by atoms with E-state index in [1.807, 2.05) is 0 Å². The molecule has 2 nitrogen and oxygen atoms in total. The van der Waals surface area contributed by atoms with Crippen molar-refractivity contribution in [2.75, 3.05) is 4.90 Å². The average molecular weight is 891 g/mol. The Kier molecular flexibility index (Phi) is 10.2. The van der Waals surface area contributed by atoms with E-state index in [-0.39, 0.29) is 0 Å². The molecule has 12 aromatic carbocycles. The van der Waals surface area contributed by atoms with Crippen LogP contribution in [0.2, 0.25) is 0 Å². The molecule has 0 radical (unpaired) electrons. The van der Waals surface area contributed by atoms with E-state index in [0.29, 0.717) is 0 Å². The summed E-state index contributed by atoms with van der Waals surface area (Å²) in [6.07, 6.45) is 0. The minimum absolute atomic E-state index is 1.07. The summed E-state index contributed by atoms with van der Waals surface area (Å²) in [6, 6.07) is 102. The van der Waals surface area contributed by atoms with E-state index in [1.165, 1.54) is 87.9 Å². The second kappa shape index (κ2) is 17.4. The highest BCUT2D eigenvalue weighted by Crippen LogP contribution is 2.47. The maximum absolute atomic E-state index is 2.45. The zero-order valence-electron chi connectivity index (χ0n) is 38.5. The highest BCUT2D eigenvalue weighted by atomic mass is 15.1. The van der Waals surface area contributed by atoms with Gasteiger partial charge in [-0.2, -0.15) is 0 Å². The number of aromatic nitrogens is 1. The molecule has 1 heterocycles. The molecule has 0 saturated carbocycles. The molecular weight excluding hydrogens is 845 g/mol. The van der Waals surface area contributed by atoms with E-state index in [1.54, 1.807) is 0 Å². The lowest BCUT2D eigenvalue weighted by atomic mass is 9.88. The molecule has 0 saturated heterocycles. The predicted molar refractivity (Wildman–Crippen MR) is 298 cm³/mol. The van der Waals surface area contributed by atoms with Crippen molar-refractivity contribution in [3.8, 4) is 61.3 Å². The average Bonchev–Trinajstić information content (AvgIpc) is 3.78. The summed E-state index contributed by atoms with van der Waals surface area (Å²) < 4.78 is 2.43. The van der Waals surface area contributed by atoms with Crippen LogP contribution in [-0.2, 0) is 0 Å². The van der Waals surface area contributed by atoms with Gasteiger partial charge in [0.15, 0.2) is 0 Å². The van der Waals surface area contributed by atoms with Crippen molar-refractivity contribution < 1.29 is 0 Å². The first-order chi connectivity index (χ1) is 34.8. The quantitative estimate of drug-likeness (QED) is 0.131. The molecule has 0 unspecified atom stereocenters. The number of anilines is 3. The van der Waals surface area contributed by atoms with Crippen molar-refractivity contribution in [1.82, 2.24) is 4.57 Å². The second-order valence-electron chi connectivity index (χ2n) is 18.0. The van der Waals surface area contributed by atoms with Crippen LogP contribution >= 0.6 is 0 Å². The molecule has 328 valence electrons. The molecule has 13 aromatic rings. The first kappa shape index (κ1) is 41.0. The summed E-state index contributed by atoms with van der Waals surface area (Å²) >= 11 is 0. The van der Waals surface area contributed by atoms with Gasteiger partial charge in [-0.25, -0.2) is 0 Å². The van der Waals surface area contributed by atoms with Crippen LogP contribution in [0.3, 0.4) is 0 Å². The molecule has 13 rings (SSSR count).